The zero-order valence-corrected chi connectivity index (χ0v) is 12.0. The molecule has 0 aromatic rings. The smallest absolute Gasteiger partial charge is 0.356 e. The molecule has 2 aliphatic rings. The van der Waals surface area contributed by atoms with Crippen molar-refractivity contribution in [3.8, 4) is 0 Å². The van der Waals surface area contributed by atoms with Crippen molar-refractivity contribution >= 4 is 46.2 Å². The number of nitrogens with two attached hydrogens (primary N) is 1. The van der Waals surface area contributed by atoms with Gasteiger partial charge in [0.15, 0.2) is 11.5 Å². The summed E-state index contributed by atoms with van der Waals surface area (Å²) in [6.07, 6.45) is 0.805. The second-order valence-corrected chi connectivity index (χ2v) is 6.48. The van der Waals surface area contributed by atoms with Crippen LogP contribution in [0.2, 0.25) is 0 Å². The number of carbonyl (C=O) groups excluding carboxylic acids is 1. The van der Waals surface area contributed by atoms with Gasteiger partial charge in [0.2, 0.25) is 5.91 Å². The number of carbonyl (C=O) groups is 2. The van der Waals surface area contributed by atoms with E-state index in [1.165, 1.54) is 0 Å². The number of carboxylic acid groups (broad SMARTS) is 1. The monoisotopic (exact) mass is 330 g/mol. The van der Waals surface area contributed by atoms with Crippen LogP contribution in [0.25, 0.3) is 0 Å². The van der Waals surface area contributed by atoms with Gasteiger partial charge in [-0.3, -0.25) is 9.69 Å². The Bertz CT molecular complexity index is 560. The number of β-lactam (4-membered cyclic amide) rings is 1. The van der Waals surface area contributed by atoms with Gasteiger partial charge in [-0.15, -0.1) is 24.2 Å². The van der Waals surface area contributed by atoms with E-state index in [4.69, 9.17) is 10.8 Å². The fourth-order valence-corrected chi connectivity index (χ4v) is 3.51. The van der Waals surface area contributed by atoms with E-state index in [1.807, 2.05) is 0 Å². The highest BCUT2D eigenvalue weighted by atomic mass is 35.5. The van der Waals surface area contributed by atoms with E-state index in [9.17, 15) is 18.0 Å². The van der Waals surface area contributed by atoms with Crippen LogP contribution in [0.15, 0.2) is 11.5 Å². The molecule has 2 heterocycles. The van der Waals surface area contributed by atoms with Crippen molar-refractivity contribution in [1.29, 1.82) is 0 Å². The molecule has 8 nitrogen and oxygen atoms in total. The molecule has 0 aromatic heterocycles. The number of aliphatic carboxylic acids is 1. The number of hydrogen-bond donors (Lipinski definition) is 2. The Labute approximate surface area is 119 Å². The van der Waals surface area contributed by atoms with Crippen LogP contribution in [0.4, 0.5) is 0 Å². The van der Waals surface area contributed by atoms with Crippen molar-refractivity contribution in [2.45, 2.75) is 11.4 Å². The summed E-state index contributed by atoms with van der Waals surface area (Å²) in [4.78, 5) is 23.6. The van der Waals surface area contributed by atoms with Gasteiger partial charge >= 0.3 is 16.1 Å². The fraction of sp³-hybridized carbons (Fsp3) is 0.500. The minimum atomic E-state index is -3.84. The van der Waals surface area contributed by atoms with E-state index in [-0.39, 0.29) is 23.9 Å². The highest BCUT2D eigenvalue weighted by Gasteiger charge is 2.52. The molecule has 0 spiro atoms. The van der Waals surface area contributed by atoms with E-state index < -0.39 is 39.1 Å². The molecule has 2 rings (SSSR count). The van der Waals surface area contributed by atoms with Gasteiger partial charge in [-0.1, -0.05) is 0 Å². The van der Waals surface area contributed by atoms with Crippen molar-refractivity contribution in [3.05, 3.63) is 11.5 Å². The summed E-state index contributed by atoms with van der Waals surface area (Å²) in [5, 5.41) is 8.58. The van der Waals surface area contributed by atoms with Crippen LogP contribution in [-0.2, 0) is 23.9 Å². The van der Waals surface area contributed by atoms with Gasteiger partial charge in [0.25, 0.3) is 0 Å². The van der Waals surface area contributed by atoms with Crippen molar-refractivity contribution in [3.63, 3.8) is 0 Å². The molecule has 1 saturated heterocycles. The number of rotatable bonds is 3. The Kier molecular flexibility index (Phi) is 4.40. The molecule has 0 aromatic carbocycles. The zero-order valence-electron chi connectivity index (χ0n) is 9.60. The van der Waals surface area contributed by atoms with Crippen LogP contribution in [0.5, 0.6) is 0 Å². The molecule has 11 heteroatoms. The molecular weight excluding hydrogens is 320 g/mol. The molecule has 1 amide bonds. The van der Waals surface area contributed by atoms with Crippen LogP contribution in [0, 0.1) is 0 Å². The summed E-state index contributed by atoms with van der Waals surface area (Å²) in [6, 6.07) is -0.760. The predicted molar refractivity (Wildman–Crippen MR) is 68.9 cm³/mol. The molecule has 0 radical (unpaired) electrons. The second-order valence-electron chi connectivity index (χ2n) is 3.80. The van der Waals surface area contributed by atoms with Crippen molar-refractivity contribution in [2.24, 2.45) is 5.73 Å². The van der Waals surface area contributed by atoms with Crippen molar-refractivity contribution in [2.75, 3.05) is 12.0 Å². The summed E-state index contributed by atoms with van der Waals surface area (Å²) in [7, 11) is -3.84. The topological polar surface area (TPSA) is 127 Å². The molecule has 0 aliphatic carbocycles. The van der Waals surface area contributed by atoms with Gasteiger partial charge in [0.05, 0.1) is 12.0 Å². The number of hydrogen-bond acceptors (Lipinski definition) is 7. The predicted octanol–water partition coefficient (Wildman–Crippen LogP) is -1.08. The average molecular weight is 331 g/mol. The quantitative estimate of drug-likeness (QED) is 0.494. The first kappa shape index (κ1) is 16.1. The normalized spacial score (nSPS) is 26.2. The first-order valence-corrected chi connectivity index (χ1v) is 7.65. The van der Waals surface area contributed by atoms with E-state index in [0.29, 0.717) is 0 Å². The third-order valence-electron chi connectivity index (χ3n) is 2.43. The second kappa shape index (κ2) is 5.19. The lowest BCUT2D eigenvalue weighted by Crippen LogP contribution is -2.68. The summed E-state index contributed by atoms with van der Waals surface area (Å²) < 4.78 is 26.7. The maximum absolute atomic E-state index is 11.5. The fourth-order valence-electron chi connectivity index (χ4n) is 1.73. The maximum Gasteiger partial charge on any atom is 0.356 e. The van der Waals surface area contributed by atoms with Gasteiger partial charge in [-0.05, 0) is 0 Å². The highest BCUT2D eigenvalue weighted by molar-refractivity contribution is 8.00. The van der Waals surface area contributed by atoms with E-state index >= 15 is 0 Å². The van der Waals surface area contributed by atoms with Crippen LogP contribution in [0.3, 0.4) is 0 Å². The lowest BCUT2D eigenvalue weighted by molar-refractivity contribution is -0.148. The molecule has 2 atom stereocenters. The molecule has 0 saturated carbocycles. The number of carboxylic acids is 1. The number of halogens is 1. The molecule has 19 heavy (non-hydrogen) atoms. The molecule has 2 aliphatic heterocycles. The zero-order chi connectivity index (χ0) is 13.7. The highest BCUT2D eigenvalue weighted by Crippen LogP contribution is 2.39. The molecular formula is C8H11ClN2O6S2. The van der Waals surface area contributed by atoms with Gasteiger partial charge in [0, 0.05) is 0 Å². The first-order chi connectivity index (χ1) is 8.22. The van der Waals surface area contributed by atoms with Crippen LogP contribution < -0.4 is 5.73 Å². The van der Waals surface area contributed by atoms with Crippen molar-refractivity contribution in [1.82, 2.24) is 4.90 Å². The molecule has 3 N–H and O–H groups in total. The average Bonchev–Trinajstić information content (AvgIpc) is 2.24. The first-order valence-electron chi connectivity index (χ1n) is 4.78. The van der Waals surface area contributed by atoms with Gasteiger partial charge < -0.3 is 15.0 Å². The lowest BCUT2D eigenvalue weighted by Gasteiger charge is -2.47. The summed E-state index contributed by atoms with van der Waals surface area (Å²) in [6.45, 7) is 0. The standard InChI is InChI=1S/C8H10N2O6S2.ClH/c1-18(14,15)16-3-2-17-7-4(9)6(11)10(7)5(3)8(12)13;/h4,7H,2,9H2,1H3,(H,12,13);1H/t4-,7-;/m1./s1. The minimum absolute atomic E-state index is 0. The number of fused-ring (bicyclic) bond motifs is 1. The Morgan fingerprint density at radius 2 is 2.16 bits per heavy atom. The van der Waals surface area contributed by atoms with Gasteiger partial charge in [-0.25, -0.2) is 4.79 Å². The van der Waals surface area contributed by atoms with Crippen LogP contribution in [-0.4, -0.2) is 53.7 Å². The third-order valence-corrected chi connectivity index (χ3v) is 4.21. The molecule has 0 bridgehead atoms. The van der Waals surface area contributed by atoms with Gasteiger partial charge in [0.1, 0.15) is 11.4 Å². The molecule has 0 unspecified atom stereocenters. The summed E-state index contributed by atoms with van der Waals surface area (Å²) in [5.41, 5.74) is 5.08. The number of thioether (sulfide) groups is 1. The van der Waals surface area contributed by atoms with Crippen LogP contribution in [0.1, 0.15) is 0 Å². The van der Waals surface area contributed by atoms with E-state index in [1.54, 1.807) is 0 Å². The number of nitrogens with zero attached hydrogens (tertiary/aromatic N) is 1. The Morgan fingerprint density at radius 3 is 2.63 bits per heavy atom. The minimum Gasteiger partial charge on any atom is -0.476 e. The Hall–Kier alpha value is -0.970. The summed E-state index contributed by atoms with van der Waals surface area (Å²) in [5.74, 6) is -2.19. The van der Waals surface area contributed by atoms with E-state index in [2.05, 4.69) is 4.18 Å². The third kappa shape index (κ3) is 2.81. The number of amides is 1. The lowest BCUT2D eigenvalue weighted by atomic mass is 10.1. The summed E-state index contributed by atoms with van der Waals surface area (Å²) >= 11 is 1.16. The Balaban J connectivity index is 0.00000180. The largest absolute Gasteiger partial charge is 0.476 e. The van der Waals surface area contributed by atoms with Gasteiger partial charge in [-0.2, -0.15) is 8.42 Å². The Morgan fingerprint density at radius 1 is 1.58 bits per heavy atom. The SMILES string of the molecule is CS(=O)(=O)OC1=C(C(=O)O)N2C(=O)[C@@H](N)[C@H]2SC1.Cl. The molecule has 1 fully saturated rings. The maximum atomic E-state index is 11.5. The molecule has 108 valence electrons. The van der Waals surface area contributed by atoms with Crippen molar-refractivity contribution < 1.29 is 27.3 Å². The van der Waals surface area contributed by atoms with Crippen LogP contribution >= 0.6 is 24.2 Å². The van der Waals surface area contributed by atoms with E-state index in [0.717, 1.165) is 22.9 Å².